The molecule has 0 aromatic heterocycles. The largest absolute Gasteiger partial charge is 0.550 e. The predicted octanol–water partition coefficient (Wildman–Crippen LogP) is 0.978. The van der Waals surface area contributed by atoms with E-state index in [-0.39, 0.29) is 13.0 Å². The van der Waals surface area contributed by atoms with Gasteiger partial charge in [0.05, 0.1) is 32.3 Å². The van der Waals surface area contributed by atoms with E-state index in [1.807, 2.05) is 0 Å². The van der Waals surface area contributed by atoms with E-state index in [0.717, 1.165) is 5.56 Å². The molecule has 158 valence electrons. The lowest BCUT2D eigenvalue weighted by Crippen LogP contribution is -3.12. The van der Waals surface area contributed by atoms with Crippen LogP contribution in [0.25, 0.3) is 0 Å². The zero-order valence-electron chi connectivity index (χ0n) is 16.6. The van der Waals surface area contributed by atoms with Gasteiger partial charge in [-0.1, -0.05) is 41.4 Å². The molecular weight excluding hydrogens is 415 g/mol. The lowest BCUT2D eigenvalue weighted by atomic mass is 10.1. The van der Waals surface area contributed by atoms with E-state index in [2.05, 4.69) is 12.4 Å². The third-order valence-corrected chi connectivity index (χ3v) is 5.37. The molecule has 1 aliphatic heterocycles. The van der Waals surface area contributed by atoms with Crippen molar-refractivity contribution in [1.82, 2.24) is 5.32 Å². The molecule has 2 aromatic carbocycles. The minimum Gasteiger partial charge on any atom is -0.550 e. The molecule has 0 saturated carbocycles. The van der Waals surface area contributed by atoms with E-state index in [4.69, 9.17) is 32.7 Å². The summed E-state index contributed by atoms with van der Waals surface area (Å²) in [7, 11) is 3.75. The van der Waals surface area contributed by atoms with Crippen molar-refractivity contribution in [3.8, 4) is 11.5 Å². The standard InChI is InChI=1S/C16H14Cl2O4.C5H12N2/c1-21-13-7-4-11(15(17)16(13)18)9-22-12-5-2-10(3-6-12)8-14(19)20;1-7-4-2-6-3-5-7/h2-7H,8-9H2,1H3,(H,19,20);6H,2-5H2,1H3. The van der Waals surface area contributed by atoms with Gasteiger partial charge in [-0.25, -0.2) is 0 Å². The van der Waals surface area contributed by atoms with Gasteiger partial charge in [0.1, 0.15) is 23.1 Å². The number of likely N-dealkylation sites (N-methyl/N-ethyl adjacent to an activating group) is 1. The van der Waals surface area contributed by atoms with Crippen molar-refractivity contribution in [3.05, 3.63) is 57.6 Å². The van der Waals surface area contributed by atoms with Crippen LogP contribution in [0.15, 0.2) is 36.4 Å². The molecule has 0 aliphatic carbocycles. The summed E-state index contributed by atoms with van der Waals surface area (Å²) in [6, 6.07) is 10.2. The number of carboxylic acids is 1. The first-order valence-electron chi connectivity index (χ1n) is 9.35. The molecule has 6 nitrogen and oxygen atoms in total. The fourth-order valence-electron chi connectivity index (χ4n) is 2.73. The average molecular weight is 441 g/mol. The van der Waals surface area contributed by atoms with Crippen LogP contribution in [-0.4, -0.2) is 46.3 Å². The van der Waals surface area contributed by atoms with Gasteiger partial charge in [0.2, 0.25) is 0 Å². The maximum Gasteiger partial charge on any atom is 0.139 e. The number of carboxylic acid groups (broad SMARTS) is 1. The number of halogens is 2. The van der Waals surface area contributed by atoms with Crippen LogP contribution < -0.4 is 24.8 Å². The van der Waals surface area contributed by atoms with Gasteiger partial charge in [-0.2, -0.15) is 0 Å². The molecule has 8 heteroatoms. The minimum atomic E-state index is -1.12. The molecule has 0 bridgehead atoms. The monoisotopic (exact) mass is 440 g/mol. The van der Waals surface area contributed by atoms with Gasteiger partial charge in [-0.15, -0.1) is 0 Å². The molecule has 0 atom stereocenters. The summed E-state index contributed by atoms with van der Waals surface area (Å²) in [5, 5.41) is 14.5. The van der Waals surface area contributed by atoms with Crippen molar-refractivity contribution < 1.29 is 24.3 Å². The highest BCUT2D eigenvalue weighted by molar-refractivity contribution is 6.43. The molecule has 29 heavy (non-hydrogen) atoms. The summed E-state index contributed by atoms with van der Waals surface area (Å²) in [6.45, 7) is 5.22. The van der Waals surface area contributed by atoms with Crippen molar-refractivity contribution in [2.75, 3.05) is 40.3 Å². The number of quaternary nitrogens is 1. The number of benzene rings is 2. The van der Waals surface area contributed by atoms with Crippen LogP contribution in [0.5, 0.6) is 11.5 Å². The van der Waals surface area contributed by atoms with Gasteiger partial charge in [-0.3, -0.25) is 0 Å². The van der Waals surface area contributed by atoms with E-state index >= 15 is 0 Å². The summed E-state index contributed by atoms with van der Waals surface area (Å²) < 4.78 is 10.7. The average Bonchev–Trinajstić information content (AvgIpc) is 2.71. The fourth-order valence-corrected chi connectivity index (χ4v) is 3.20. The highest BCUT2D eigenvalue weighted by Gasteiger charge is 2.11. The first-order valence-corrected chi connectivity index (χ1v) is 10.1. The van der Waals surface area contributed by atoms with Crippen LogP contribution in [0.2, 0.25) is 10.0 Å². The van der Waals surface area contributed by atoms with Crippen LogP contribution in [0, 0.1) is 0 Å². The first-order chi connectivity index (χ1) is 13.9. The molecule has 0 spiro atoms. The number of piperazine rings is 1. The van der Waals surface area contributed by atoms with Gasteiger partial charge in [0, 0.05) is 31.0 Å². The van der Waals surface area contributed by atoms with Crippen LogP contribution >= 0.6 is 23.2 Å². The van der Waals surface area contributed by atoms with Crippen molar-refractivity contribution in [2.24, 2.45) is 0 Å². The Balaban J connectivity index is 0.000000360. The zero-order valence-corrected chi connectivity index (χ0v) is 18.1. The number of methoxy groups -OCH3 is 1. The number of ether oxygens (including phenoxy) is 2. The molecule has 1 fully saturated rings. The minimum absolute atomic E-state index is 0.125. The van der Waals surface area contributed by atoms with Crippen molar-refractivity contribution in [1.29, 1.82) is 0 Å². The Hall–Kier alpha value is -1.99. The quantitative estimate of drug-likeness (QED) is 0.699. The summed E-state index contributed by atoms with van der Waals surface area (Å²) in [4.78, 5) is 12.2. The molecule has 0 unspecified atom stereocenters. The molecule has 1 aliphatic rings. The van der Waals surface area contributed by atoms with E-state index < -0.39 is 5.97 Å². The maximum absolute atomic E-state index is 10.5. The number of rotatable bonds is 6. The van der Waals surface area contributed by atoms with Gasteiger partial charge in [-0.05, 0) is 23.8 Å². The topological polar surface area (TPSA) is 75.1 Å². The Kier molecular flexibility index (Phi) is 9.54. The number of carbonyl (C=O) groups is 1. The molecule has 1 saturated heterocycles. The molecule has 2 aromatic rings. The Bertz CT molecular complexity index is 794. The predicted molar refractivity (Wildman–Crippen MR) is 112 cm³/mol. The summed E-state index contributed by atoms with van der Waals surface area (Å²) >= 11 is 12.2. The SMILES string of the molecule is COc1ccc(COc2ccc(CC(=O)[O-])cc2)c(Cl)c1Cl.C[NH+]1CCNCC1. The lowest BCUT2D eigenvalue weighted by Gasteiger charge is -2.19. The third kappa shape index (κ3) is 7.74. The van der Waals surface area contributed by atoms with Gasteiger partial charge >= 0.3 is 0 Å². The zero-order chi connectivity index (χ0) is 21.2. The second-order valence-electron chi connectivity index (χ2n) is 6.74. The number of carbonyl (C=O) groups excluding carboxylic acids is 1. The molecule has 2 N–H and O–H groups in total. The molecule has 1 heterocycles. The second-order valence-corrected chi connectivity index (χ2v) is 7.50. The Morgan fingerprint density at radius 2 is 1.76 bits per heavy atom. The maximum atomic E-state index is 10.5. The van der Waals surface area contributed by atoms with Crippen LogP contribution in [0.1, 0.15) is 11.1 Å². The number of hydrogen-bond acceptors (Lipinski definition) is 5. The second kappa shape index (κ2) is 11.9. The Morgan fingerprint density at radius 3 is 2.28 bits per heavy atom. The van der Waals surface area contributed by atoms with Gasteiger partial charge in [0.15, 0.2) is 0 Å². The van der Waals surface area contributed by atoms with E-state index in [0.29, 0.717) is 27.1 Å². The van der Waals surface area contributed by atoms with E-state index in [9.17, 15) is 9.90 Å². The number of hydrogen-bond donors (Lipinski definition) is 2. The number of aliphatic carboxylic acids is 1. The smallest absolute Gasteiger partial charge is 0.139 e. The fraction of sp³-hybridized carbons (Fsp3) is 0.381. The van der Waals surface area contributed by atoms with Crippen molar-refractivity contribution in [2.45, 2.75) is 13.0 Å². The van der Waals surface area contributed by atoms with Crippen LogP contribution in [-0.2, 0) is 17.8 Å². The highest BCUT2D eigenvalue weighted by Crippen LogP contribution is 2.34. The van der Waals surface area contributed by atoms with Crippen molar-refractivity contribution in [3.63, 3.8) is 0 Å². The summed E-state index contributed by atoms with van der Waals surface area (Å²) in [6.07, 6.45) is -0.125. The number of nitrogens with one attached hydrogen (secondary N) is 2. The third-order valence-electron chi connectivity index (χ3n) is 4.47. The normalized spacial score (nSPS) is 13.9. The highest BCUT2D eigenvalue weighted by atomic mass is 35.5. The van der Waals surface area contributed by atoms with Gasteiger partial charge < -0.3 is 29.6 Å². The molecule has 3 rings (SSSR count). The van der Waals surface area contributed by atoms with E-state index in [1.54, 1.807) is 41.3 Å². The van der Waals surface area contributed by atoms with Gasteiger partial charge in [0.25, 0.3) is 0 Å². The van der Waals surface area contributed by atoms with Crippen molar-refractivity contribution >= 4 is 29.2 Å². The first kappa shape index (κ1) is 23.3. The van der Waals surface area contributed by atoms with Crippen LogP contribution in [0.4, 0.5) is 0 Å². The summed E-state index contributed by atoms with van der Waals surface area (Å²) in [5.74, 6) is -0.0134. The van der Waals surface area contributed by atoms with Crippen LogP contribution in [0.3, 0.4) is 0 Å². The van der Waals surface area contributed by atoms with E-state index in [1.165, 1.54) is 33.3 Å². The molecule has 0 radical (unpaired) electrons. The Labute approximate surface area is 181 Å². The summed E-state index contributed by atoms with van der Waals surface area (Å²) in [5.41, 5.74) is 1.38. The lowest BCUT2D eigenvalue weighted by molar-refractivity contribution is -0.881. The molecule has 0 amide bonds. The molecular formula is C21H26Cl2N2O4. The Morgan fingerprint density at radius 1 is 1.10 bits per heavy atom.